The number of alkyl halides is 1. The van der Waals surface area contributed by atoms with Crippen LogP contribution >= 0.6 is 11.6 Å². The molecule has 1 saturated heterocycles. The molecule has 0 N–H and O–H groups in total. The van der Waals surface area contributed by atoms with Gasteiger partial charge in [0.25, 0.3) is 0 Å². The number of amides is 1. The average Bonchev–Trinajstić information content (AvgIpc) is 2.64. The molecular formula is C14H18ClNO. The van der Waals surface area contributed by atoms with E-state index < -0.39 is 0 Å². The summed E-state index contributed by atoms with van der Waals surface area (Å²) in [4.78, 5) is 13.6. The van der Waals surface area contributed by atoms with Crippen LogP contribution in [0.25, 0.3) is 0 Å². The number of carbonyl (C=O) groups excluding carboxylic acids is 1. The molecule has 2 nitrogen and oxygen atoms in total. The second-order valence-electron chi connectivity index (χ2n) is 4.58. The van der Waals surface area contributed by atoms with Gasteiger partial charge in [-0.2, -0.15) is 0 Å². The maximum absolute atomic E-state index is 11.7. The highest BCUT2D eigenvalue weighted by molar-refractivity contribution is 6.27. The van der Waals surface area contributed by atoms with E-state index in [1.54, 1.807) is 0 Å². The van der Waals surface area contributed by atoms with Crippen LogP contribution in [0.1, 0.15) is 30.7 Å². The second-order valence-corrected chi connectivity index (χ2v) is 4.84. The van der Waals surface area contributed by atoms with Crippen LogP contribution in [-0.2, 0) is 4.79 Å². The Labute approximate surface area is 108 Å². The summed E-state index contributed by atoms with van der Waals surface area (Å²) in [6.07, 6.45) is 3.44. The van der Waals surface area contributed by atoms with Gasteiger partial charge in [0.2, 0.25) is 5.91 Å². The second kappa shape index (κ2) is 6.06. The normalized spacial score (nSPS) is 21.0. The van der Waals surface area contributed by atoms with Crippen LogP contribution in [0.5, 0.6) is 0 Å². The van der Waals surface area contributed by atoms with E-state index in [0.717, 1.165) is 25.9 Å². The number of halogens is 1. The summed E-state index contributed by atoms with van der Waals surface area (Å²) in [5.41, 5.74) is 1.33. The molecule has 0 saturated carbocycles. The molecule has 1 atom stereocenters. The Morgan fingerprint density at radius 1 is 1.29 bits per heavy atom. The molecule has 1 heterocycles. The highest BCUT2D eigenvalue weighted by atomic mass is 35.5. The lowest BCUT2D eigenvalue weighted by Crippen LogP contribution is -2.34. The number of hydrogen-bond donors (Lipinski definition) is 0. The van der Waals surface area contributed by atoms with E-state index in [9.17, 15) is 4.79 Å². The van der Waals surface area contributed by atoms with Gasteiger partial charge in [0, 0.05) is 19.0 Å². The van der Waals surface area contributed by atoms with E-state index in [2.05, 4.69) is 24.3 Å². The van der Waals surface area contributed by atoms with Gasteiger partial charge < -0.3 is 4.90 Å². The van der Waals surface area contributed by atoms with Gasteiger partial charge in [0.1, 0.15) is 5.88 Å². The Morgan fingerprint density at radius 2 is 2.06 bits per heavy atom. The fraction of sp³-hybridized carbons (Fsp3) is 0.500. The van der Waals surface area contributed by atoms with E-state index in [1.807, 2.05) is 11.0 Å². The summed E-state index contributed by atoms with van der Waals surface area (Å²) in [7, 11) is 0. The van der Waals surface area contributed by atoms with E-state index in [4.69, 9.17) is 11.6 Å². The first-order chi connectivity index (χ1) is 8.31. The molecule has 1 aliphatic rings. The molecule has 2 rings (SSSR count). The quantitative estimate of drug-likeness (QED) is 0.740. The van der Waals surface area contributed by atoms with Gasteiger partial charge >= 0.3 is 0 Å². The minimum absolute atomic E-state index is 0.0643. The number of benzene rings is 1. The first-order valence-electron chi connectivity index (χ1n) is 6.20. The van der Waals surface area contributed by atoms with Crippen LogP contribution in [0.2, 0.25) is 0 Å². The first-order valence-corrected chi connectivity index (χ1v) is 6.73. The van der Waals surface area contributed by atoms with Crippen LogP contribution in [0, 0.1) is 0 Å². The van der Waals surface area contributed by atoms with Gasteiger partial charge in [-0.05, 0) is 18.4 Å². The van der Waals surface area contributed by atoms with Gasteiger partial charge in [0.05, 0.1) is 0 Å². The number of nitrogens with zero attached hydrogens (tertiary/aromatic N) is 1. The third-order valence-corrected chi connectivity index (χ3v) is 3.64. The molecule has 0 aromatic heterocycles. The van der Waals surface area contributed by atoms with Gasteiger partial charge in [-0.15, -0.1) is 11.6 Å². The molecule has 3 heteroatoms. The summed E-state index contributed by atoms with van der Waals surface area (Å²) in [6, 6.07) is 10.5. The zero-order chi connectivity index (χ0) is 12.1. The molecular weight excluding hydrogens is 234 g/mol. The third kappa shape index (κ3) is 3.22. The monoisotopic (exact) mass is 251 g/mol. The van der Waals surface area contributed by atoms with Crippen molar-refractivity contribution in [3.05, 3.63) is 35.9 Å². The minimum Gasteiger partial charge on any atom is -0.341 e. The van der Waals surface area contributed by atoms with Gasteiger partial charge in [-0.3, -0.25) is 4.79 Å². The Balaban J connectivity index is 2.10. The van der Waals surface area contributed by atoms with Crippen molar-refractivity contribution in [1.82, 2.24) is 4.90 Å². The third-order valence-electron chi connectivity index (χ3n) is 3.41. The summed E-state index contributed by atoms with van der Waals surface area (Å²) in [5, 5.41) is 0. The van der Waals surface area contributed by atoms with E-state index in [-0.39, 0.29) is 11.8 Å². The highest BCUT2D eigenvalue weighted by Gasteiger charge is 2.22. The predicted octanol–water partition coefficient (Wildman–Crippen LogP) is 3.02. The molecule has 1 aliphatic heterocycles. The number of carbonyl (C=O) groups is 1. The van der Waals surface area contributed by atoms with Gasteiger partial charge in [-0.25, -0.2) is 0 Å². The van der Waals surface area contributed by atoms with Crippen molar-refractivity contribution in [3.63, 3.8) is 0 Å². The summed E-state index contributed by atoms with van der Waals surface area (Å²) >= 11 is 5.64. The Bertz CT molecular complexity index is 366. The molecule has 0 aliphatic carbocycles. The lowest BCUT2D eigenvalue weighted by Gasteiger charge is -2.24. The van der Waals surface area contributed by atoms with Crippen molar-refractivity contribution >= 4 is 17.5 Å². The van der Waals surface area contributed by atoms with E-state index >= 15 is 0 Å². The summed E-state index contributed by atoms with van der Waals surface area (Å²) in [6.45, 7) is 1.67. The molecule has 0 bridgehead atoms. The van der Waals surface area contributed by atoms with Crippen molar-refractivity contribution < 1.29 is 4.79 Å². The van der Waals surface area contributed by atoms with E-state index in [1.165, 1.54) is 12.0 Å². The zero-order valence-electron chi connectivity index (χ0n) is 9.94. The SMILES string of the molecule is O=C(CCl)N1CCCCC(c2ccccc2)C1. The number of hydrogen-bond acceptors (Lipinski definition) is 1. The Morgan fingerprint density at radius 3 is 2.76 bits per heavy atom. The van der Waals surface area contributed by atoms with Crippen LogP contribution in [0.15, 0.2) is 30.3 Å². The standard InChI is InChI=1S/C14H18ClNO/c15-10-14(17)16-9-5-4-8-13(11-16)12-6-2-1-3-7-12/h1-3,6-7,13H,4-5,8-11H2. The van der Waals surface area contributed by atoms with Crippen molar-refractivity contribution in [2.75, 3.05) is 19.0 Å². The predicted molar refractivity (Wildman–Crippen MR) is 70.3 cm³/mol. The summed E-state index contributed by atoms with van der Waals surface area (Å²) < 4.78 is 0. The molecule has 1 amide bonds. The minimum atomic E-state index is 0.0643. The molecule has 1 aromatic rings. The van der Waals surface area contributed by atoms with Crippen molar-refractivity contribution in [3.8, 4) is 0 Å². The van der Waals surface area contributed by atoms with E-state index in [0.29, 0.717) is 5.92 Å². The lowest BCUT2D eigenvalue weighted by molar-refractivity contribution is -0.128. The molecule has 17 heavy (non-hydrogen) atoms. The number of rotatable bonds is 2. The molecule has 1 unspecified atom stereocenters. The largest absolute Gasteiger partial charge is 0.341 e. The number of likely N-dealkylation sites (tertiary alicyclic amines) is 1. The van der Waals surface area contributed by atoms with Gasteiger partial charge in [-0.1, -0.05) is 36.8 Å². The van der Waals surface area contributed by atoms with Gasteiger partial charge in [0.15, 0.2) is 0 Å². The average molecular weight is 252 g/mol. The topological polar surface area (TPSA) is 20.3 Å². The maximum atomic E-state index is 11.7. The lowest BCUT2D eigenvalue weighted by atomic mass is 9.94. The fourth-order valence-corrected chi connectivity index (χ4v) is 2.62. The molecule has 0 spiro atoms. The molecule has 0 radical (unpaired) electrons. The van der Waals surface area contributed by atoms with Crippen molar-refractivity contribution in [2.24, 2.45) is 0 Å². The zero-order valence-corrected chi connectivity index (χ0v) is 10.7. The molecule has 1 fully saturated rings. The fourth-order valence-electron chi connectivity index (χ4n) is 2.45. The maximum Gasteiger partial charge on any atom is 0.237 e. The van der Waals surface area contributed by atoms with Crippen molar-refractivity contribution in [2.45, 2.75) is 25.2 Å². The highest BCUT2D eigenvalue weighted by Crippen LogP contribution is 2.26. The summed E-state index contributed by atoms with van der Waals surface area (Å²) in [5.74, 6) is 0.627. The Kier molecular flexibility index (Phi) is 4.43. The first kappa shape index (κ1) is 12.4. The van der Waals surface area contributed by atoms with Crippen molar-refractivity contribution in [1.29, 1.82) is 0 Å². The molecule has 92 valence electrons. The Hall–Kier alpha value is -1.02. The smallest absolute Gasteiger partial charge is 0.237 e. The van der Waals surface area contributed by atoms with Crippen LogP contribution in [-0.4, -0.2) is 29.8 Å². The molecule has 1 aromatic carbocycles. The van der Waals surface area contributed by atoms with Crippen LogP contribution in [0.3, 0.4) is 0 Å². The van der Waals surface area contributed by atoms with Crippen LogP contribution in [0.4, 0.5) is 0 Å². The van der Waals surface area contributed by atoms with Crippen LogP contribution < -0.4 is 0 Å².